The number of aliphatic carboxylic acids is 6. The topological polar surface area (TPSA) is 442 Å². The summed E-state index contributed by atoms with van der Waals surface area (Å²) in [5, 5.41) is 78.9. The molecule has 0 saturated heterocycles. The lowest BCUT2D eigenvalue weighted by molar-refractivity contribution is -0.384. The summed E-state index contributed by atoms with van der Waals surface area (Å²) in [7, 11) is 0. The fourth-order valence-electron chi connectivity index (χ4n) is 4.95. The maximum Gasteiger partial charge on any atom is 0.326 e. The van der Waals surface area contributed by atoms with E-state index in [0.717, 1.165) is 18.2 Å². The Kier molecular flexibility index (Phi) is 21.5. The highest BCUT2D eigenvalue weighted by Crippen LogP contribution is 2.18. The molecular weight excluding hydrogens is 826 g/mol. The van der Waals surface area contributed by atoms with Crippen LogP contribution in [0.1, 0.15) is 84.9 Å². The first kappa shape index (κ1) is 51.3. The number of amides is 6. The van der Waals surface area contributed by atoms with Crippen LogP contribution in [0.5, 0.6) is 0 Å². The van der Waals surface area contributed by atoms with Crippen molar-refractivity contribution in [2.75, 3.05) is 13.1 Å². The molecule has 4 atom stereocenters. The minimum atomic E-state index is -1.81. The van der Waals surface area contributed by atoms with Gasteiger partial charge in [0.1, 0.15) is 24.2 Å². The molecule has 6 amide bonds. The number of rotatable bonds is 29. The van der Waals surface area contributed by atoms with Crippen LogP contribution in [-0.2, 0) is 47.9 Å². The van der Waals surface area contributed by atoms with Gasteiger partial charge < -0.3 is 62.5 Å². The van der Waals surface area contributed by atoms with Crippen molar-refractivity contribution >= 4 is 76.9 Å². The summed E-state index contributed by atoms with van der Waals surface area (Å²) >= 11 is 0. The fraction of sp³-hybridized carbons (Fsp3) is 0.471. The Morgan fingerprint density at radius 3 is 1.11 bits per heavy atom. The van der Waals surface area contributed by atoms with Crippen LogP contribution in [0.4, 0.5) is 5.69 Å². The van der Waals surface area contributed by atoms with Crippen LogP contribution < -0.4 is 31.9 Å². The molecule has 1 aromatic carbocycles. The number of nitrogens with zero attached hydrogens (tertiary/aromatic N) is 1. The van der Waals surface area contributed by atoms with Gasteiger partial charge in [0.05, 0.1) is 17.8 Å². The van der Waals surface area contributed by atoms with E-state index in [4.69, 9.17) is 20.4 Å². The van der Waals surface area contributed by atoms with Crippen LogP contribution >= 0.6 is 0 Å². The zero-order chi connectivity index (χ0) is 46.4. The normalized spacial score (nSPS) is 12.5. The summed E-state index contributed by atoms with van der Waals surface area (Å²) in [5.41, 5.74) is -1.39. The number of carboxylic acids is 6. The van der Waals surface area contributed by atoms with Crippen LogP contribution in [0.15, 0.2) is 18.2 Å². The molecule has 61 heavy (non-hydrogen) atoms. The predicted octanol–water partition coefficient (Wildman–Crippen LogP) is -2.60. The second-order valence-corrected chi connectivity index (χ2v) is 12.9. The predicted molar refractivity (Wildman–Crippen MR) is 197 cm³/mol. The maximum absolute atomic E-state index is 12.8. The van der Waals surface area contributed by atoms with Gasteiger partial charge in [0, 0.05) is 62.0 Å². The second-order valence-electron chi connectivity index (χ2n) is 12.9. The highest BCUT2D eigenvalue weighted by Gasteiger charge is 2.29. The van der Waals surface area contributed by atoms with Gasteiger partial charge in [0.2, 0.25) is 23.6 Å². The number of carboxylic acid groups (broad SMARTS) is 6. The van der Waals surface area contributed by atoms with E-state index in [2.05, 4.69) is 21.3 Å². The Morgan fingerprint density at radius 2 is 0.820 bits per heavy atom. The Balaban J connectivity index is 2.71. The molecule has 27 heteroatoms. The number of nitro benzene ring substituents is 1. The number of hydrogen-bond donors (Lipinski definition) is 12. The molecule has 27 nitrogen and oxygen atoms in total. The van der Waals surface area contributed by atoms with Gasteiger partial charge in [-0.2, -0.15) is 0 Å². The van der Waals surface area contributed by atoms with Gasteiger partial charge in [0.15, 0.2) is 0 Å². The van der Waals surface area contributed by atoms with Crippen molar-refractivity contribution < 1.29 is 93.1 Å². The summed E-state index contributed by atoms with van der Waals surface area (Å²) in [6.07, 6.45) is -5.05. The summed E-state index contributed by atoms with van der Waals surface area (Å²) in [6, 6.07) is -4.20. The van der Waals surface area contributed by atoms with Gasteiger partial charge in [-0.1, -0.05) is 0 Å². The van der Waals surface area contributed by atoms with Gasteiger partial charge in [-0.15, -0.1) is 0 Å². The van der Waals surface area contributed by atoms with Gasteiger partial charge in [-0.05, 0) is 31.7 Å². The molecule has 0 heterocycles. The van der Waals surface area contributed by atoms with E-state index in [9.17, 15) is 77.9 Å². The number of benzene rings is 1. The van der Waals surface area contributed by atoms with Crippen molar-refractivity contribution in [3.63, 3.8) is 0 Å². The smallest absolute Gasteiger partial charge is 0.326 e. The van der Waals surface area contributed by atoms with E-state index < -0.39 is 157 Å². The molecule has 1 aromatic rings. The molecule has 0 spiro atoms. The van der Waals surface area contributed by atoms with Gasteiger partial charge >= 0.3 is 35.8 Å². The Bertz CT molecular complexity index is 1760. The molecular formula is C34H43N7O20. The summed E-state index contributed by atoms with van der Waals surface area (Å²) in [5.74, 6) is -15.0. The largest absolute Gasteiger partial charge is 0.481 e. The van der Waals surface area contributed by atoms with Crippen LogP contribution in [0, 0.1) is 10.1 Å². The number of nitrogens with one attached hydrogen (secondary N) is 6. The first-order chi connectivity index (χ1) is 28.5. The van der Waals surface area contributed by atoms with Crippen LogP contribution in [0.3, 0.4) is 0 Å². The average molecular weight is 870 g/mol. The van der Waals surface area contributed by atoms with Gasteiger partial charge in [-0.25, -0.2) is 19.2 Å². The quantitative estimate of drug-likeness (QED) is 0.0223. The monoisotopic (exact) mass is 869 g/mol. The lowest BCUT2D eigenvalue weighted by Gasteiger charge is -2.17. The van der Waals surface area contributed by atoms with Crippen molar-refractivity contribution in [3.8, 4) is 0 Å². The van der Waals surface area contributed by atoms with Gasteiger partial charge in [-0.3, -0.25) is 48.5 Å². The number of hydrogen-bond acceptors (Lipinski definition) is 14. The third-order valence-electron chi connectivity index (χ3n) is 7.99. The third-order valence-corrected chi connectivity index (χ3v) is 7.99. The Labute approximate surface area is 342 Å². The van der Waals surface area contributed by atoms with E-state index >= 15 is 0 Å². The molecule has 0 aliphatic rings. The molecule has 0 aliphatic carbocycles. The Morgan fingerprint density at radius 1 is 0.492 bits per heavy atom. The number of carbonyl (C=O) groups excluding carboxylic acids is 6. The van der Waals surface area contributed by atoms with E-state index in [1.165, 1.54) is 0 Å². The van der Waals surface area contributed by atoms with Crippen LogP contribution in [-0.4, -0.2) is 144 Å². The molecule has 0 aromatic heterocycles. The minimum absolute atomic E-state index is 0.123. The molecule has 1 unspecified atom stereocenters. The maximum atomic E-state index is 12.8. The molecule has 0 aliphatic heterocycles. The van der Waals surface area contributed by atoms with Crippen molar-refractivity contribution in [1.29, 1.82) is 0 Å². The lowest BCUT2D eigenvalue weighted by Crippen LogP contribution is -2.47. The molecule has 0 fully saturated rings. The number of nitro groups is 1. The highest BCUT2D eigenvalue weighted by atomic mass is 16.6. The van der Waals surface area contributed by atoms with Crippen molar-refractivity contribution in [1.82, 2.24) is 31.9 Å². The first-order valence-electron chi connectivity index (χ1n) is 17.9. The summed E-state index contributed by atoms with van der Waals surface area (Å²) in [6.45, 7) is -0.493. The average Bonchev–Trinajstić information content (AvgIpc) is 3.16. The SMILES string of the molecule is O=C(O)CC[C@H](NC(=O)CC(NC(=O)CCCNC(=O)c1cc(C(=O)NCCCC(=O)N[C@H](CC(=O)N[C@@H](CCC(=O)O)C(=O)O)C(=O)O)cc([N+](=O)[O-])c1)C(=O)O)C(=O)O. The highest BCUT2D eigenvalue weighted by molar-refractivity contribution is 6.01. The molecule has 12 N–H and O–H groups in total. The van der Waals surface area contributed by atoms with Crippen molar-refractivity contribution in [2.24, 2.45) is 0 Å². The molecule has 0 radical (unpaired) electrons. The zero-order valence-electron chi connectivity index (χ0n) is 31.9. The van der Waals surface area contributed by atoms with Crippen LogP contribution in [0.2, 0.25) is 0 Å². The fourth-order valence-corrected chi connectivity index (χ4v) is 4.95. The third kappa shape index (κ3) is 20.5. The minimum Gasteiger partial charge on any atom is -0.481 e. The van der Waals surface area contributed by atoms with Gasteiger partial charge in [0.25, 0.3) is 17.5 Å². The van der Waals surface area contributed by atoms with Crippen molar-refractivity contribution in [2.45, 2.75) is 88.4 Å². The van der Waals surface area contributed by atoms with E-state index in [1.807, 2.05) is 10.6 Å². The Hall–Kier alpha value is -7.74. The molecule has 0 bridgehead atoms. The zero-order valence-corrected chi connectivity index (χ0v) is 31.9. The van der Waals surface area contributed by atoms with E-state index in [0.29, 0.717) is 0 Å². The molecule has 334 valence electrons. The van der Waals surface area contributed by atoms with Crippen molar-refractivity contribution in [3.05, 3.63) is 39.4 Å². The number of carbonyl (C=O) groups is 12. The van der Waals surface area contributed by atoms with E-state index in [-0.39, 0.29) is 37.1 Å². The van der Waals surface area contributed by atoms with E-state index in [1.54, 1.807) is 0 Å². The molecule has 1 rings (SSSR count). The number of non-ortho nitro benzene ring substituents is 1. The molecule has 0 saturated carbocycles. The standard InChI is InChI=1S/C34H43N7O20/c42-23(39-21(33(56)57)14-25(44)37-19(31(52)53)5-7-27(46)47)3-1-9-35-29(50)16-11-17(13-18(12-16)41(60)61)30(51)36-10-2-4-24(43)40-22(34(58)59)15-26(45)38-20(32(54)55)6-8-28(48)49/h11-13,19-22H,1-10,14-15H2,(H,35,50)(H,36,51)(H,37,44)(H,38,45)(H,39,42)(H,40,43)(H,46,47)(H,48,49)(H,52,53)(H,54,55)(H,56,57)(H,58,59)/t19-,20-,21+,22?/m0/s1. The summed E-state index contributed by atoms with van der Waals surface area (Å²) in [4.78, 5) is 153. The first-order valence-corrected chi connectivity index (χ1v) is 17.9. The lowest BCUT2D eigenvalue weighted by atomic mass is 10.1. The van der Waals surface area contributed by atoms with Crippen LogP contribution in [0.25, 0.3) is 0 Å². The second kappa shape index (κ2) is 25.6. The summed E-state index contributed by atoms with van der Waals surface area (Å²) < 4.78 is 0.